The van der Waals surface area contributed by atoms with Crippen molar-refractivity contribution in [2.24, 2.45) is 0 Å². The summed E-state index contributed by atoms with van der Waals surface area (Å²) < 4.78 is 1.05. The van der Waals surface area contributed by atoms with Crippen molar-refractivity contribution in [1.82, 2.24) is 5.32 Å². The zero-order valence-corrected chi connectivity index (χ0v) is 12.1. The third-order valence-electron chi connectivity index (χ3n) is 3.11. The van der Waals surface area contributed by atoms with Crippen LogP contribution in [0.5, 0.6) is 0 Å². The molecule has 1 saturated carbocycles. The van der Waals surface area contributed by atoms with Crippen molar-refractivity contribution in [3.63, 3.8) is 0 Å². The highest BCUT2D eigenvalue weighted by atomic mass is 35.5. The Kier molecular flexibility index (Phi) is 3.47. The molecule has 1 aromatic heterocycles. The quantitative estimate of drug-likeness (QED) is 0.693. The van der Waals surface area contributed by atoms with E-state index in [9.17, 15) is 4.79 Å². The van der Waals surface area contributed by atoms with Gasteiger partial charge in [0.25, 0.3) is 5.91 Å². The van der Waals surface area contributed by atoms with E-state index in [1.54, 1.807) is 6.08 Å². The Labute approximate surface area is 125 Å². The van der Waals surface area contributed by atoms with Gasteiger partial charge in [-0.25, -0.2) is 0 Å². The molecule has 100 valence electrons. The summed E-state index contributed by atoms with van der Waals surface area (Å²) in [7, 11) is 0. The van der Waals surface area contributed by atoms with Crippen LogP contribution in [0.2, 0.25) is 5.02 Å². The standard InChI is InChI=1S/C15H11ClN2OS/c16-14-11-3-1-2-4-12(11)20-13(14)7-9(8-17)15(19)18-10-5-6-10/h1-4,7,10H,5-6H2,(H,18,19). The molecule has 0 atom stereocenters. The summed E-state index contributed by atoms with van der Waals surface area (Å²) >= 11 is 7.79. The number of halogens is 1. The van der Waals surface area contributed by atoms with Crippen LogP contribution in [0.3, 0.4) is 0 Å². The van der Waals surface area contributed by atoms with E-state index >= 15 is 0 Å². The third kappa shape index (κ3) is 2.55. The number of rotatable bonds is 3. The molecule has 2 aromatic rings. The van der Waals surface area contributed by atoms with Gasteiger partial charge in [0, 0.05) is 21.0 Å². The molecule has 0 radical (unpaired) electrons. The Morgan fingerprint density at radius 2 is 2.20 bits per heavy atom. The zero-order chi connectivity index (χ0) is 14.1. The number of hydrogen-bond donors (Lipinski definition) is 1. The van der Waals surface area contributed by atoms with Crippen LogP contribution in [0.4, 0.5) is 0 Å². The van der Waals surface area contributed by atoms with Crippen LogP contribution in [0, 0.1) is 11.3 Å². The summed E-state index contributed by atoms with van der Waals surface area (Å²) in [6.07, 6.45) is 3.56. The number of carbonyl (C=O) groups is 1. The minimum absolute atomic E-state index is 0.102. The highest BCUT2D eigenvalue weighted by Gasteiger charge is 2.25. The van der Waals surface area contributed by atoms with Gasteiger partial charge in [-0.05, 0) is 25.0 Å². The molecule has 20 heavy (non-hydrogen) atoms. The van der Waals surface area contributed by atoms with E-state index in [0.717, 1.165) is 27.8 Å². The number of carbonyl (C=O) groups excluding carboxylic acids is 1. The average Bonchev–Trinajstić information content (AvgIpc) is 3.21. The summed E-state index contributed by atoms with van der Waals surface area (Å²) in [5.74, 6) is -0.316. The minimum Gasteiger partial charge on any atom is -0.349 e. The number of nitriles is 1. The van der Waals surface area contributed by atoms with E-state index < -0.39 is 0 Å². The van der Waals surface area contributed by atoms with Gasteiger partial charge in [-0.3, -0.25) is 4.79 Å². The molecule has 0 saturated heterocycles. The molecule has 1 heterocycles. The Morgan fingerprint density at radius 1 is 1.45 bits per heavy atom. The second-order valence-electron chi connectivity index (χ2n) is 4.69. The van der Waals surface area contributed by atoms with Gasteiger partial charge in [0.15, 0.2) is 0 Å². The number of amides is 1. The molecule has 3 nitrogen and oxygen atoms in total. The van der Waals surface area contributed by atoms with Gasteiger partial charge in [0.05, 0.1) is 5.02 Å². The summed E-state index contributed by atoms with van der Waals surface area (Å²) in [5.41, 5.74) is 0.102. The first-order valence-electron chi connectivity index (χ1n) is 6.28. The Bertz CT molecular complexity index is 753. The molecule has 3 rings (SSSR count). The van der Waals surface area contributed by atoms with Gasteiger partial charge in [-0.1, -0.05) is 29.8 Å². The summed E-state index contributed by atoms with van der Waals surface area (Å²) in [6, 6.07) is 9.94. The molecular weight excluding hydrogens is 292 g/mol. The number of nitrogens with one attached hydrogen (secondary N) is 1. The van der Waals surface area contributed by atoms with Crippen molar-refractivity contribution in [3.8, 4) is 6.07 Å². The third-order valence-corrected chi connectivity index (χ3v) is 4.75. The molecule has 0 spiro atoms. The number of nitrogens with zero attached hydrogens (tertiary/aromatic N) is 1. The van der Waals surface area contributed by atoms with Crippen molar-refractivity contribution in [1.29, 1.82) is 5.26 Å². The number of benzene rings is 1. The van der Waals surface area contributed by atoms with Crippen molar-refractivity contribution < 1.29 is 4.79 Å². The van der Waals surface area contributed by atoms with Crippen molar-refractivity contribution in [2.45, 2.75) is 18.9 Å². The highest BCUT2D eigenvalue weighted by Crippen LogP contribution is 2.36. The van der Waals surface area contributed by atoms with Crippen molar-refractivity contribution in [2.75, 3.05) is 0 Å². The monoisotopic (exact) mass is 302 g/mol. The number of thiophene rings is 1. The first-order chi connectivity index (χ1) is 9.69. The lowest BCUT2D eigenvalue weighted by atomic mass is 10.2. The highest BCUT2D eigenvalue weighted by molar-refractivity contribution is 7.20. The van der Waals surface area contributed by atoms with Crippen LogP contribution in [-0.4, -0.2) is 11.9 Å². The largest absolute Gasteiger partial charge is 0.349 e. The first kappa shape index (κ1) is 13.2. The average molecular weight is 303 g/mol. The van der Waals surface area contributed by atoms with Crippen LogP contribution < -0.4 is 5.32 Å². The molecule has 0 aliphatic heterocycles. The molecule has 5 heteroatoms. The first-order valence-corrected chi connectivity index (χ1v) is 7.48. The van der Waals surface area contributed by atoms with Crippen LogP contribution in [0.1, 0.15) is 17.7 Å². The Morgan fingerprint density at radius 3 is 2.85 bits per heavy atom. The fraction of sp³-hybridized carbons (Fsp3) is 0.200. The fourth-order valence-electron chi connectivity index (χ4n) is 1.90. The number of fused-ring (bicyclic) bond motifs is 1. The second-order valence-corrected chi connectivity index (χ2v) is 6.16. The smallest absolute Gasteiger partial charge is 0.262 e. The van der Waals surface area contributed by atoms with E-state index in [1.807, 2.05) is 30.3 Å². The molecule has 1 aromatic carbocycles. The summed E-state index contributed by atoms with van der Waals surface area (Å²) in [4.78, 5) is 12.7. The van der Waals surface area contributed by atoms with Gasteiger partial charge in [0.2, 0.25) is 0 Å². The molecule has 1 aliphatic carbocycles. The van der Waals surface area contributed by atoms with Gasteiger partial charge in [-0.2, -0.15) is 5.26 Å². The molecule has 1 amide bonds. The molecular formula is C15H11ClN2OS. The maximum absolute atomic E-state index is 11.9. The van der Waals surface area contributed by atoms with E-state index in [2.05, 4.69) is 5.32 Å². The molecule has 1 aliphatic rings. The van der Waals surface area contributed by atoms with Crippen LogP contribution in [0.15, 0.2) is 29.8 Å². The second kappa shape index (κ2) is 5.28. The molecule has 0 unspecified atom stereocenters. The zero-order valence-electron chi connectivity index (χ0n) is 10.5. The van der Waals surface area contributed by atoms with Crippen LogP contribution in [0.25, 0.3) is 16.2 Å². The van der Waals surface area contributed by atoms with E-state index in [0.29, 0.717) is 5.02 Å². The van der Waals surface area contributed by atoms with Gasteiger partial charge in [0.1, 0.15) is 11.6 Å². The van der Waals surface area contributed by atoms with Gasteiger partial charge < -0.3 is 5.32 Å². The Hall–Kier alpha value is -1.83. The predicted molar refractivity (Wildman–Crippen MR) is 81.6 cm³/mol. The van der Waals surface area contributed by atoms with Crippen molar-refractivity contribution in [3.05, 3.63) is 39.7 Å². The lowest BCUT2D eigenvalue weighted by Crippen LogP contribution is -2.26. The van der Waals surface area contributed by atoms with Crippen LogP contribution >= 0.6 is 22.9 Å². The maximum atomic E-state index is 11.9. The lowest BCUT2D eigenvalue weighted by Gasteiger charge is -2.00. The van der Waals surface area contributed by atoms with Crippen LogP contribution in [-0.2, 0) is 4.79 Å². The van der Waals surface area contributed by atoms with E-state index in [1.165, 1.54) is 11.3 Å². The van der Waals surface area contributed by atoms with Gasteiger partial charge >= 0.3 is 0 Å². The number of hydrogen-bond acceptors (Lipinski definition) is 3. The summed E-state index contributed by atoms with van der Waals surface area (Å²) in [5, 5.41) is 13.5. The SMILES string of the molecule is N#CC(=Cc1sc2ccccc2c1Cl)C(=O)NC1CC1. The molecule has 1 fully saturated rings. The lowest BCUT2D eigenvalue weighted by molar-refractivity contribution is -0.117. The normalized spacial score (nSPS) is 15.1. The maximum Gasteiger partial charge on any atom is 0.262 e. The van der Waals surface area contributed by atoms with Crippen molar-refractivity contribution >= 4 is 45.0 Å². The molecule has 0 bridgehead atoms. The fourth-order valence-corrected chi connectivity index (χ4v) is 3.33. The minimum atomic E-state index is -0.316. The topological polar surface area (TPSA) is 52.9 Å². The van der Waals surface area contributed by atoms with E-state index in [-0.39, 0.29) is 17.5 Å². The molecule has 1 N–H and O–H groups in total. The Balaban J connectivity index is 1.96. The summed E-state index contributed by atoms with van der Waals surface area (Å²) in [6.45, 7) is 0. The predicted octanol–water partition coefficient (Wildman–Crippen LogP) is 3.74. The van der Waals surface area contributed by atoms with Gasteiger partial charge in [-0.15, -0.1) is 11.3 Å². The van der Waals surface area contributed by atoms with E-state index in [4.69, 9.17) is 16.9 Å².